The van der Waals surface area contributed by atoms with Gasteiger partial charge in [0.15, 0.2) is 0 Å². The van der Waals surface area contributed by atoms with Gasteiger partial charge < -0.3 is 4.48 Å². The highest BCUT2D eigenvalue weighted by molar-refractivity contribution is 14.1. The Balaban J connectivity index is 2.30. The Labute approximate surface area is 194 Å². The average molecular weight is 657 g/mol. The maximum Gasteiger partial charge on any atom is 0.677 e. The second kappa shape index (κ2) is 8.26. The lowest BCUT2D eigenvalue weighted by atomic mass is 9.83. The highest BCUT2D eigenvalue weighted by Crippen LogP contribution is 2.43. The van der Waals surface area contributed by atoms with Gasteiger partial charge >= 0.3 is 7.40 Å². The molecule has 2 nitrogen and oxygen atoms in total. The van der Waals surface area contributed by atoms with E-state index in [9.17, 15) is 8.63 Å². The number of nitrogens with zero attached hydrogens (tertiary/aromatic N) is 2. The van der Waals surface area contributed by atoms with Crippen LogP contribution in [0.5, 0.6) is 0 Å². The minimum atomic E-state index is -2.59. The standard InChI is InChI=1S/C19H18BBrF2I2N2/c1-9-16(24)11(3)26-18(9)15(13-5-7-14(21)8-6-13)19-10(2)17(25)12(4)27(19)20(22)23/h5-8,15,18H,1-4H3. The van der Waals surface area contributed by atoms with Crippen LogP contribution in [0.2, 0.25) is 0 Å². The smallest absolute Gasteiger partial charge is 0.331 e. The minimum absolute atomic E-state index is 0.181. The van der Waals surface area contributed by atoms with Crippen molar-refractivity contribution in [2.45, 2.75) is 39.7 Å². The van der Waals surface area contributed by atoms with E-state index in [2.05, 4.69) is 68.0 Å². The topological polar surface area (TPSA) is 17.3 Å². The molecule has 0 saturated carbocycles. The van der Waals surface area contributed by atoms with Gasteiger partial charge in [-0.25, -0.2) is 0 Å². The normalized spacial score (nSPS) is 18.1. The van der Waals surface area contributed by atoms with E-state index in [-0.39, 0.29) is 12.0 Å². The predicted octanol–water partition coefficient (Wildman–Crippen LogP) is 6.93. The van der Waals surface area contributed by atoms with Gasteiger partial charge in [-0.2, -0.15) is 0 Å². The first-order chi connectivity index (χ1) is 12.6. The van der Waals surface area contributed by atoms with E-state index >= 15 is 0 Å². The molecule has 1 aromatic carbocycles. The van der Waals surface area contributed by atoms with Crippen molar-refractivity contribution in [3.8, 4) is 0 Å². The molecule has 0 aliphatic carbocycles. The molecule has 3 rings (SSSR count). The van der Waals surface area contributed by atoms with Crippen LogP contribution in [-0.2, 0) is 0 Å². The van der Waals surface area contributed by atoms with Crippen molar-refractivity contribution in [1.82, 2.24) is 4.48 Å². The van der Waals surface area contributed by atoms with Crippen LogP contribution >= 0.6 is 61.1 Å². The summed E-state index contributed by atoms with van der Waals surface area (Å²) in [4.78, 5) is 4.87. The summed E-state index contributed by atoms with van der Waals surface area (Å²) in [6, 6.07) is 7.74. The fourth-order valence-electron chi connectivity index (χ4n) is 3.75. The van der Waals surface area contributed by atoms with Gasteiger partial charge in [-0.15, -0.1) is 0 Å². The first-order valence-electron chi connectivity index (χ1n) is 8.46. The summed E-state index contributed by atoms with van der Waals surface area (Å²) in [7, 11) is -2.59. The predicted molar refractivity (Wildman–Crippen MR) is 130 cm³/mol. The van der Waals surface area contributed by atoms with Crippen LogP contribution < -0.4 is 0 Å². The molecule has 0 fully saturated rings. The number of rotatable bonds is 4. The third-order valence-corrected chi connectivity index (χ3v) is 8.88. The molecule has 0 saturated heterocycles. The van der Waals surface area contributed by atoms with Crippen LogP contribution in [0.15, 0.2) is 42.9 Å². The highest BCUT2D eigenvalue weighted by atomic mass is 127. The number of aliphatic imine (C=N–C) groups is 1. The van der Waals surface area contributed by atoms with Crippen molar-refractivity contribution >= 4 is 74.2 Å². The maximum atomic E-state index is 14.1. The number of hydrogen-bond donors (Lipinski definition) is 0. The SMILES string of the molecule is CC1=NC(C(c2ccc(Br)cc2)c2c(C)c(I)c(C)n2B(F)F)C(C)=C1I. The lowest BCUT2D eigenvalue weighted by Gasteiger charge is -2.26. The molecule has 0 amide bonds. The zero-order valence-electron chi connectivity index (χ0n) is 15.3. The van der Waals surface area contributed by atoms with Crippen molar-refractivity contribution in [2.24, 2.45) is 4.99 Å². The Kier molecular flexibility index (Phi) is 6.57. The fourth-order valence-corrected chi connectivity index (χ4v) is 5.01. The van der Waals surface area contributed by atoms with Gasteiger partial charge in [0.1, 0.15) is 0 Å². The van der Waals surface area contributed by atoms with E-state index in [1.165, 1.54) is 4.48 Å². The van der Waals surface area contributed by atoms with E-state index in [0.29, 0.717) is 11.4 Å². The first-order valence-corrected chi connectivity index (χ1v) is 11.4. The highest BCUT2D eigenvalue weighted by Gasteiger charge is 2.38. The second-order valence-corrected chi connectivity index (χ2v) is 9.82. The molecule has 27 heavy (non-hydrogen) atoms. The van der Waals surface area contributed by atoms with Crippen molar-refractivity contribution in [3.05, 3.63) is 64.0 Å². The van der Waals surface area contributed by atoms with E-state index < -0.39 is 7.40 Å². The first kappa shape index (κ1) is 21.5. The summed E-state index contributed by atoms with van der Waals surface area (Å²) in [5, 5.41) is 0. The van der Waals surface area contributed by atoms with Crippen molar-refractivity contribution in [3.63, 3.8) is 0 Å². The third kappa shape index (κ3) is 3.82. The molecule has 2 unspecified atom stereocenters. The van der Waals surface area contributed by atoms with Gasteiger partial charge in [0.05, 0.1) is 6.04 Å². The summed E-state index contributed by atoms with van der Waals surface area (Å²) >= 11 is 7.95. The lowest BCUT2D eigenvalue weighted by molar-refractivity contribution is 0.591. The molecule has 1 aliphatic heterocycles. The van der Waals surface area contributed by atoms with Crippen molar-refractivity contribution < 1.29 is 8.63 Å². The Morgan fingerprint density at radius 2 is 1.70 bits per heavy atom. The average Bonchev–Trinajstić information content (AvgIpc) is 3.00. The molecule has 1 aromatic heterocycles. The molecular formula is C19H18BBrF2I2N2. The molecule has 142 valence electrons. The van der Waals surface area contributed by atoms with Crippen LogP contribution in [0.4, 0.5) is 8.63 Å². The molecule has 2 aromatic rings. The van der Waals surface area contributed by atoms with Gasteiger partial charge in [-0.05, 0) is 102 Å². The summed E-state index contributed by atoms with van der Waals surface area (Å²) in [6.07, 6.45) is 0. The number of hydrogen-bond acceptors (Lipinski definition) is 1. The zero-order valence-corrected chi connectivity index (χ0v) is 21.2. The van der Waals surface area contributed by atoms with Gasteiger partial charge in [-0.1, -0.05) is 28.1 Å². The largest absolute Gasteiger partial charge is 0.677 e. The summed E-state index contributed by atoms with van der Waals surface area (Å²) in [5.74, 6) is -0.267. The molecule has 8 heteroatoms. The molecule has 2 atom stereocenters. The Morgan fingerprint density at radius 3 is 2.19 bits per heavy atom. The molecule has 0 spiro atoms. The summed E-state index contributed by atoms with van der Waals surface area (Å²) in [5.41, 5.74) is 5.26. The van der Waals surface area contributed by atoms with Crippen LogP contribution in [0, 0.1) is 17.4 Å². The van der Waals surface area contributed by atoms with E-state index in [4.69, 9.17) is 4.99 Å². The minimum Gasteiger partial charge on any atom is -0.331 e. The quantitative estimate of drug-likeness (QED) is 0.251. The van der Waals surface area contributed by atoms with Gasteiger partial charge in [-0.3, -0.25) is 13.6 Å². The van der Waals surface area contributed by atoms with E-state index in [1.807, 2.05) is 38.1 Å². The fraction of sp³-hybridized carbons (Fsp3) is 0.316. The van der Waals surface area contributed by atoms with Crippen LogP contribution in [0.25, 0.3) is 0 Å². The van der Waals surface area contributed by atoms with Gasteiger partial charge in [0.25, 0.3) is 0 Å². The number of allylic oxidation sites excluding steroid dienone is 1. The lowest BCUT2D eigenvalue weighted by Crippen LogP contribution is -2.26. The second-order valence-electron chi connectivity index (χ2n) is 6.74. The molecule has 0 bridgehead atoms. The molecule has 1 aliphatic rings. The maximum absolute atomic E-state index is 14.1. The zero-order chi connectivity index (χ0) is 20.0. The van der Waals surface area contributed by atoms with Crippen LogP contribution in [0.3, 0.4) is 0 Å². The summed E-state index contributed by atoms with van der Waals surface area (Å²) in [6.45, 7) is 7.74. The van der Waals surface area contributed by atoms with Crippen LogP contribution in [0.1, 0.15) is 42.3 Å². The third-order valence-electron chi connectivity index (χ3n) is 5.13. The summed E-state index contributed by atoms with van der Waals surface area (Å²) < 4.78 is 32.3. The van der Waals surface area contributed by atoms with Crippen molar-refractivity contribution in [2.75, 3.05) is 0 Å². The van der Waals surface area contributed by atoms with E-state index in [0.717, 1.165) is 34.0 Å². The van der Waals surface area contributed by atoms with Gasteiger partial charge in [0, 0.05) is 34.6 Å². The van der Waals surface area contributed by atoms with Gasteiger partial charge in [0.2, 0.25) is 0 Å². The Hall–Kier alpha value is -0.225. The molecule has 0 N–H and O–H groups in total. The number of aromatic nitrogens is 1. The van der Waals surface area contributed by atoms with E-state index in [1.54, 1.807) is 6.92 Å². The molecule has 2 heterocycles. The molecular weight excluding hydrogens is 639 g/mol. The monoisotopic (exact) mass is 656 g/mol. The van der Waals surface area contributed by atoms with Crippen LogP contribution in [-0.4, -0.2) is 23.6 Å². The Bertz CT molecular complexity index is 952. The molecule has 0 radical (unpaired) electrons. The Morgan fingerprint density at radius 1 is 1.11 bits per heavy atom. The van der Waals surface area contributed by atoms with Crippen molar-refractivity contribution in [1.29, 1.82) is 0 Å². The number of benzene rings is 1. The number of halogens is 5.